The predicted octanol–water partition coefficient (Wildman–Crippen LogP) is 3.03. The van der Waals surface area contributed by atoms with E-state index in [1.54, 1.807) is 4.57 Å². The van der Waals surface area contributed by atoms with Crippen molar-refractivity contribution in [3.8, 4) is 17.1 Å². The van der Waals surface area contributed by atoms with Gasteiger partial charge < -0.3 is 5.11 Å². The van der Waals surface area contributed by atoms with Gasteiger partial charge >= 0.3 is 0 Å². The molecule has 0 bridgehead atoms. The van der Waals surface area contributed by atoms with E-state index in [0.29, 0.717) is 16.2 Å². The number of aromatic hydroxyl groups is 1. The summed E-state index contributed by atoms with van der Waals surface area (Å²) in [5, 5.41) is 15.8. The quantitative estimate of drug-likeness (QED) is 0.809. The highest BCUT2D eigenvalue weighted by atomic mass is 32.1. The van der Waals surface area contributed by atoms with E-state index in [0.717, 1.165) is 6.07 Å². The maximum absolute atomic E-state index is 13.7. The van der Waals surface area contributed by atoms with Crippen LogP contribution in [0.2, 0.25) is 0 Å². The lowest BCUT2D eigenvalue weighted by Crippen LogP contribution is -2.04. The Morgan fingerprint density at radius 2 is 2.18 bits per heavy atom. The van der Waals surface area contributed by atoms with E-state index in [1.165, 1.54) is 12.1 Å². The molecule has 6 heteroatoms. The molecule has 1 heterocycles. The number of aromatic amines is 1. The minimum Gasteiger partial charge on any atom is -0.508 e. The van der Waals surface area contributed by atoms with Crippen molar-refractivity contribution in [3.63, 3.8) is 0 Å². The molecule has 0 amide bonds. The fourth-order valence-electron chi connectivity index (χ4n) is 1.66. The minimum atomic E-state index is -0.527. The fourth-order valence-corrected chi connectivity index (χ4v) is 2.00. The van der Waals surface area contributed by atoms with Crippen LogP contribution in [0.15, 0.2) is 18.2 Å². The second-order valence-electron chi connectivity index (χ2n) is 3.98. The van der Waals surface area contributed by atoms with E-state index in [2.05, 4.69) is 10.2 Å². The summed E-state index contributed by atoms with van der Waals surface area (Å²) in [7, 11) is 0. The van der Waals surface area contributed by atoms with Crippen LogP contribution in [0, 0.1) is 10.6 Å². The molecule has 0 unspecified atom stereocenters. The molecular weight excluding hydrogens is 241 g/mol. The molecule has 0 spiro atoms. The smallest absolute Gasteiger partial charge is 0.195 e. The summed E-state index contributed by atoms with van der Waals surface area (Å²) < 4.78 is 15.9. The standard InChI is InChI=1S/C11H12FN3OS/c1-6(2)15-10(13-14-11(15)17)8-4-3-7(16)5-9(8)12/h3-6,16H,1-2H3,(H,14,17). The minimum absolute atomic E-state index is 0.0736. The van der Waals surface area contributed by atoms with Crippen LogP contribution < -0.4 is 0 Å². The second-order valence-corrected chi connectivity index (χ2v) is 4.37. The zero-order chi connectivity index (χ0) is 12.6. The van der Waals surface area contributed by atoms with Crippen LogP contribution in [0.25, 0.3) is 11.4 Å². The van der Waals surface area contributed by atoms with Crippen molar-refractivity contribution in [2.75, 3.05) is 0 Å². The number of halogens is 1. The molecule has 0 aliphatic rings. The highest BCUT2D eigenvalue weighted by Crippen LogP contribution is 2.26. The fraction of sp³-hybridized carbons (Fsp3) is 0.273. The van der Waals surface area contributed by atoms with Crippen molar-refractivity contribution in [2.45, 2.75) is 19.9 Å². The average Bonchev–Trinajstić information content (AvgIpc) is 2.60. The van der Waals surface area contributed by atoms with Gasteiger partial charge in [-0.1, -0.05) is 0 Å². The van der Waals surface area contributed by atoms with Crippen LogP contribution >= 0.6 is 12.2 Å². The molecule has 90 valence electrons. The summed E-state index contributed by atoms with van der Waals surface area (Å²) in [5.41, 5.74) is 0.309. The van der Waals surface area contributed by atoms with E-state index < -0.39 is 5.82 Å². The van der Waals surface area contributed by atoms with E-state index in [4.69, 9.17) is 12.2 Å². The third-order valence-corrected chi connectivity index (χ3v) is 2.70. The molecule has 2 aromatic rings. The first-order chi connectivity index (χ1) is 8.00. The van der Waals surface area contributed by atoms with Gasteiger partial charge in [0.15, 0.2) is 10.6 Å². The SMILES string of the molecule is CC(C)n1c(-c2ccc(O)cc2F)n[nH]c1=S. The molecule has 2 N–H and O–H groups in total. The lowest BCUT2D eigenvalue weighted by molar-refractivity contribution is 0.469. The lowest BCUT2D eigenvalue weighted by Gasteiger charge is -2.10. The number of rotatable bonds is 2. The molecule has 2 rings (SSSR count). The summed E-state index contributed by atoms with van der Waals surface area (Å²) in [6.07, 6.45) is 0. The first-order valence-electron chi connectivity index (χ1n) is 5.16. The Morgan fingerprint density at radius 1 is 1.47 bits per heavy atom. The zero-order valence-electron chi connectivity index (χ0n) is 9.44. The van der Waals surface area contributed by atoms with Gasteiger partial charge in [0, 0.05) is 12.1 Å². The number of aromatic nitrogens is 3. The Balaban J connectivity index is 2.65. The number of phenolic OH excluding ortho intramolecular Hbond substituents is 1. The molecule has 0 aliphatic carbocycles. The van der Waals surface area contributed by atoms with Gasteiger partial charge in [0.2, 0.25) is 0 Å². The Bertz CT molecular complexity index is 603. The van der Waals surface area contributed by atoms with Gasteiger partial charge in [-0.3, -0.25) is 9.67 Å². The van der Waals surface area contributed by atoms with Crippen LogP contribution in [0.1, 0.15) is 19.9 Å². The van der Waals surface area contributed by atoms with E-state index in [9.17, 15) is 9.50 Å². The van der Waals surface area contributed by atoms with Crippen LogP contribution in [-0.4, -0.2) is 19.9 Å². The predicted molar refractivity (Wildman–Crippen MR) is 64.9 cm³/mol. The summed E-state index contributed by atoms with van der Waals surface area (Å²) in [4.78, 5) is 0. The molecule has 17 heavy (non-hydrogen) atoms. The molecule has 1 aromatic carbocycles. The summed E-state index contributed by atoms with van der Waals surface area (Å²) >= 11 is 5.09. The van der Waals surface area contributed by atoms with Gasteiger partial charge in [-0.2, -0.15) is 5.10 Å². The van der Waals surface area contributed by atoms with E-state index >= 15 is 0 Å². The van der Waals surface area contributed by atoms with Crippen LogP contribution in [0.5, 0.6) is 5.75 Å². The average molecular weight is 253 g/mol. The van der Waals surface area contributed by atoms with Crippen LogP contribution in [0.4, 0.5) is 4.39 Å². The molecule has 0 fully saturated rings. The molecular formula is C11H12FN3OS. The Kier molecular flexibility index (Phi) is 2.97. The molecule has 0 saturated heterocycles. The van der Waals surface area contributed by atoms with Crippen molar-refractivity contribution >= 4 is 12.2 Å². The number of H-pyrrole nitrogens is 1. The number of nitrogens with zero attached hydrogens (tertiary/aromatic N) is 2. The Morgan fingerprint density at radius 3 is 2.76 bits per heavy atom. The van der Waals surface area contributed by atoms with Crippen molar-refractivity contribution in [2.24, 2.45) is 0 Å². The van der Waals surface area contributed by atoms with Gasteiger partial charge in [-0.25, -0.2) is 4.39 Å². The maximum atomic E-state index is 13.7. The highest BCUT2D eigenvalue weighted by molar-refractivity contribution is 7.71. The molecule has 4 nitrogen and oxygen atoms in total. The van der Waals surface area contributed by atoms with Crippen molar-refractivity contribution < 1.29 is 9.50 Å². The monoisotopic (exact) mass is 253 g/mol. The number of hydrogen-bond donors (Lipinski definition) is 2. The third-order valence-electron chi connectivity index (χ3n) is 2.41. The van der Waals surface area contributed by atoms with Crippen molar-refractivity contribution in [3.05, 3.63) is 28.8 Å². The normalized spacial score (nSPS) is 11.1. The topological polar surface area (TPSA) is 53.8 Å². The molecule has 0 radical (unpaired) electrons. The van der Waals surface area contributed by atoms with Gasteiger partial charge in [0.05, 0.1) is 5.56 Å². The summed E-state index contributed by atoms with van der Waals surface area (Å²) in [6, 6.07) is 4.02. The van der Waals surface area contributed by atoms with Gasteiger partial charge in [0.1, 0.15) is 11.6 Å². The lowest BCUT2D eigenvalue weighted by atomic mass is 10.2. The van der Waals surface area contributed by atoms with Crippen molar-refractivity contribution in [1.29, 1.82) is 0 Å². The molecule has 0 aliphatic heterocycles. The van der Waals surface area contributed by atoms with Gasteiger partial charge in [0.25, 0.3) is 0 Å². The summed E-state index contributed by atoms with van der Waals surface area (Å²) in [5.74, 6) is -0.208. The maximum Gasteiger partial charge on any atom is 0.195 e. The Labute approximate surface area is 103 Å². The first kappa shape index (κ1) is 11.8. The molecule has 0 saturated carbocycles. The number of hydrogen-bond acceptors (Lipinski definition) is 3. The van der Waals surface area contributed by atoms with Gasteiger partial charge in [-0.15, -0.1) is 0 Å². The zero-order valence-corrected chi connectivity index (χ0v) is 10.3. The number of benzene rings is 1. The van der Waals surface area contributed by atoms with Crippen LogP contribution in [0.3, 0.4) is 0 Å². The van der Waals surface area contributed by atoms with Gasteiger partial charge in [-0.05, 0) is 38.2 Å². The van der Waals surface area contributed by atoms with E-state index in [-0.39, 0.29) is 11.8 Å². The molecule has 1 aromatic heterocycles. The third kappa shape index (κ3) is 2.08. The van der Waals surface area contributed by atoms with Crippen LogP contribution in [-0.2, 0) is 0 Å². The molecule has 0 atom stereocenters. The second kappa shape index (κ2) is 4.29. The van der Waals surface area contributed by atoms with Crippen molar-refractivity contribution in [1.82, 2.24) is 14.8 Å². The number of phenols is 1. The largest absolute Gasteiger partial charge is 0.508 e. The Hall–Kier alpha value is -1.69. The number of nitrogens with one attached hydrogen (secondary N) is 1. The van der Waals surface area contributed by atoms with E-state index in [1.807, 2.05) is 13.8 Å². The summed E-state index contributed by atoms with van der Waals surface area (Å²) in [6.45, 7) is 3.88. The first-order valence-corrected chi connectivity index (χ1v) is 5.57. The highest BCUT2D eigenvalue weighted by Gasteiger charge is 2.15.